The number of carboxylic acid groups (broad SMARTS) is 1. The molecule has 0 aliphatic carbocycles. The zero-order chi connectivity index (χ0) is 21.5. The van der Waals surface area contributed by atoms with Gasteiger partial charge in [-0.05, 0) is 55.2 Å². The van der Waals surface area contributed by atoms with Crippen LogP contribution in [-0.2, 0) is 24.2 Å². The van der Waals surface area contributed by atoms with E-state index >= 15 is 0 Å². The molecule has 4 bridgehead atoms. The Bertz CT molecular complexity index is 1230. The molecule has 4 heterocycles. The highest BCUT2D eigenvalue weighted by Gasteiger charge is 2.28. The number of rotatable bonds is 1. The Morgan fingerprint density at radius 3 is 2.81 bits per heavy atom. The summed E-state index contributed by atoms with van der Waals surface area (Å²) >= 11 is 0. The van der Waals surface area contributed by atoms with E-state index in [1.165, 1.54) is 4.57 Å². The average Bonchev–Trinajstić information content (AvgIpc) is 3.05. The Morgan fingerprint density at radius 1 is 1.19 bits per heavy atom. The number of nitrogens with two attached hydrogens (primary N) is 1. The number of hydrogen-bond donors (Lipinski definition) is 3. The highest BCUT2D eigenvalue weighted by Crippen LogP contribution is 2.34. The van der Waals surface area contributed by atoms with Gasteiger partial charge in [0.1, 0.15) is 11.3 Å². The smallest absolute Gasteiger partial charge is 0.344 e. The van der Waals surface area contributed by atoms with E-state index in [1.54, 1.807) is 0 Å². The topological polar surface area (TPSA) is 145 Å². The molecular formula is C21H23N5O5. The molecule has 0 radical (unpaired) electrons. The van der Waals surface area contributed by atoms with Gasteiger partial charge in [-0.2, -0.15) is 9.97 Å². The van der Waals surface area contributed by atoms with Crippen LogP contribution in [-0.4, -0.2) is 43.3 Å². The Labute approximate surface area is 177 Å². The maximum atomic E-state index is 12.6. The summed E-state index contributed by atoms with van der Waals surface area (Å²) in [7, 11) is 0. The first-order valence-electron chi connectivity index (χ1n) is 10.4. The first-order valence-corrected chi connectivity index (χ1v) is 10.4. The predicted octanol–water partition coefficient (Wildman–Crippen LogP) is 1.63. The molecule has 5 rings (SSSR count). The van der Waals surface area contributed by atoms with Crippen molar-refractivity contribution in [3.63, 3.8) is 0 Å². The zero-order valence-electron chi connectivity index (χ0n) is 16.9. The van der Waals surface area contributed by atoms with Crippen LogP contribution in [0.25, 0.3) is 11.2 Å². The van der Waals surface area contributed by atoms with E-state index in [0.717, 1.165) is 42.4 Å². The van der Waals surface area contributed by atoms with Crippen LogP contribution < -0.4 is 20.9 Å². The molecule has 162 valence electrons. The van der Waals surface area contributed by atoms with Crippen molar-refractivity contribution in [3.05, 3.63) is 39.3 Å². The van der Waals surface area contributed by atoms with Gasteiger partial charge in [0.05, 0.1) is 13.2 Å². The number of aromatic nitrogens is 4. The van der Waals surface area contributed by atoms with Gasteiger partial charge in [-0.1, -0.05) is 12.1 Å². The van der Waals surface area contributed by atoms with Crippen molar-refractivity contribution in [3.8, 4) is 11.8 Å². The van der Waals surface area contributed by atoms with E-state index < -0.39 is 12.1 Å². The largest absolute Gasteiger partial charge is 0.479 e. The van der Waals surface area contributed by atoms with Crippen LogP contribution in [0.4, 0.5) is 5.82 Å². The van der Waals surface area contributed by atoms with Gasteiger partial charge in [-0.25, -0.2) is 9.59 Å². The molecule has 4 N–H and O–H groups in total. The fourth-order valence-electron chi connectivity index (χ4n) is 4.28. The molecule has 1 aromatic carbocycles. The number of aryl methyl sites for hydroxylation is 2. The molecule has 2 aromatic heterocycles. The molecule has 2 aliphatic heterocycles. The fourth-order valence-corrected chi connectivity index (χ4v) is 4.28. The second-order valence-corrected chi connectivity index (χ2v) is 7.99. The third-order valence-electron chi connectivity index (χ3n) is 5.81. The lowest BCUT2D eigenvalue weighted by Gasteiger charge is -2.26. The first-order chi connectivity index (χ1) is 15.0. The van der Waals surface area contributed by atoms with Crippen LogP contribution >= 0.6 is 0 Å². The summed E-state index contributed by atoms with van der Waals surface area (Å²) in [6.07, 6.45) is 3.60. The minimum Gasteiger partial charge on any atom is -0.479 e. The van der Waals surface area contributed by atoms with Crippen molar-refractivity contribution in [1.82, 2.24) is 19.5 Å². The number of aromatic amines is 1. The second-order valence-electron chi connectivity index (χ2n) is 7.99. The van der Waals surface area contributed by atoms with Crippen LogP contribution in [0.3, 0.4) is 0 Å². The molecule has 0 saturated carbocycles. The van der Waals surface area contributed by atoms with E-state index in [4.69, 9.17) is 15.2 Å². The minimum absolute atomic E-state index is 0.161. The predicted molar refractivity (Wildman–Crippen MR) is 112 cm³/mol. The van der Waals surface area contributed by atoms with E-state index in [2.05, 4.69) is 15.0 Å². The lowest BCUT2D eigenvalue weighted by molar-refractivity contribution is -0.145. The van der Waals surface area contributed by atoms with Gasteiger partial charge in [0.2, 0.25) is 0 Å². The number of ether oxygens (including phenoxy) is 2. The summed E-state index contributed by atoms with van der Waals surface area (Å²) < 4.78 is 13.0. The molecule has 10 nitrogen and oxygen atoms in total. The molecule has 1 unspecified atom stereocenters. The Kier molecular flexibility index (Phi) is 4.76. The van der Waals surface area contributed by atoms with Gasteiger partial charge in [-0.3, -0.25) is 4.57 Å². The number of nitrogens with zero attached hydrogens (tertiary/aromatic N) is 3. The number of fused-ring (bicyclic) bond motifs is 5. The number of imidazole rings is 1. The molecule has 1 atom stereocenters. The van der Waals surface area contributed by atoms with Crippen molar-refractivity contribution in [2.45, 2.75) is 51.2 Å². The van der Waals surface area contributed by atoms with E-state index in [1.807, 2.05) is 12.1 Å². The average molecular weight is 425 g/mol. The summed E-state index contributed by atoms with van der Waals surface area (Å²) in [5, 5.41) is 9.38. The van der Waals surface area contributed by atoms with E-state index in [0.29, 0.717) is 36.4 Å². The number of benzene rings is 1. The normalized spacial score (nSPS) is 18.6. The lowest BCUT2D eigenvalue weighted by Crippen LogP contribution is -2.31. The summed E-state index contributed by atoms with van der Waals surface area (Å²) in [5.74, 6) is -0.105. The van der Waals surface area contributed by atoms with E-state index in [9.17, 15) is 14.7 Å². The number of anilines is 1. The molecule has 0 spiro atoms. The first kappa shape index (κ1) is 19.4. The number of aliphatic carboxylic acids is 1. The molecule has 10 heteroatoms. The van der Waals surface area contributed by atoms with Gasteiger partial charge in [0, 0.05) is 0 Å². The van der Waals surface area contributed by atoms with Crippen molar-refractivity contribution in [2.75, 3.05) is 12.3 Å². The van der Waals surface area contributed by atoms with Crippen molar-refractivity contribution < 1.29 is 19.4 Å². The third kappa shape index (κ3) is 3.58. The van der Waals surface area contributed by atoms with Gasteiger partial charge < -0.3 is 25.3 Å². The highest BCUT2D eigenvalue weighted by atomic mass is 16.5. The monoisotopic (exact) mass is 425 g/mol. The Balaban J connectivity index is 1.62. The highest BCUT2D eigenvalue weighted by molar-refractivity contribution is 5.82. The quantitative estimate of drug-likeness (QED) is 0.533. The SMILES string of the molecule is Nc1nc2nc3c1[nH]c(=O)n3Cc1cc(c3c(c1)CCC(C(=O)O)O3)CCCCCO2. The number of hydrogen-bond acceptors (Lipinski definition) is 7. The standard InChI is InChI=1S/C21H23N5O5/c22-17-15-18-25-20(24-17)30-7-3-1-2-4-12-8-11(10-26(18)21(29)23-15)9-13-5-6-14(19(27)28)31-16(12)13/h8-9,14H,1-7,10H2,(H,23,29)(H,27,28)(H2,22,24,25). The van der Waals surface area contributed by atoms with Gasteiger partial charge in [-0.15, -0.1) is 0 Å². The van der Waals surface area contributed by atoms with Gasteiger partial charge in [0.15, 0.2) is 17.6 Å². The number of nitrogens with one attached hydrogen (secondary N) is 1. The molecule has 31 heavy (non-hydrogen) atoms. The van der Waals surface area contributed by atoms with Crippen molar-refractivity contribution in [1.29, 1.82) is 0 Å². The number of nitrogen functional groups attached to an aromatic ring is 1. The maximum absolute atomic E-state index is 12.6. The third-order valence-corrected chi connectivity index (χ3v) is 5.81. The van der Waals surface area contributed by atoms with Gasteiger partial charge in [0.25, 0.3) is 0 Å². The van der Waals surface area contributed by atoms with Crippen LogP contribution in [0.15, 0.2) is 16.9 Å². The number of carbonyl (C=O) groups is 1. The second kappa shape index (κ2) is 7.60. The summed E-state index contributed by atoms with van der Waals surface area (Å²) in [6, 6.07) is 4.15. The molecular weight excluding hydrogens is 402 g/mol. The zero-order valence-corrected chi connectivity index (χ0v) is 16.9. The maximum Gasteiger partial charge on any atom is 0.344 e. The minimum atomic E-state index is -0.946. The fraction of sp³-hybridized carbons (Fsp3) is 0.429. The summed E-state index contributed by atoms with van der Waals surface area (Å²) in [5.41, 5.74) is 9.34. The van der Waals surface area contributed by atoms with Crippen LogP contribution in [0, 0.1) is 0 Å². The number of H-pyrrole nitrogens is 1. The molecule has 2 aliphatic rings. The van der Waals surface area contributed by atoms with Crippen molar-refractivity contribution >= 4 is 23.0 Å². The lowest BCUT2D eigenvalue weighted by atomic mass is 9.94. The van der Waals surface area contributed by atoms with Crippen LogP contribution in [0.1, 0.15) is 42.4 Å². The molecule has 0 amide bonds. The molecule has 0 saturated heterocycles. The van der Waals surface area contributed by atoms with Crippen LogP contribution in [0.2, 0.25) is 0 Å². The molecule has 0 fully saturated rings. The number of carboxylic acids is 1. The summed E-state index contributed by atoms with van der Waals surface area (Å²) in [6.45, 7) is 0.729. The summed E-state index contributed by atoms with van der Waals surface area (Å²) in [4.78, 5) is 35.4. The van der Waals surface area contributed by atoms with Gasteiger partial charge >= 0.3 is 17.7 Å². The Morgan fingerprint density at radius 2 is 2.00 bits per heavy atom. The molecule has 3 aromatic rings. The van der Waals surface area contributed by atoms with Crippen molar-refractivity contribution in [2.24, 2.45) is 0 Å². The van der Waals surface area contributed by atoms with E-state index in [-0.39, 0.29) is 24.1 Å². The van der Waals surface area contributed by atoms with Crippen LogP contribution in [0.5, 0.6) is 11.8 Å². The Hall–Kier alpha value is -3.56.